The largest absolute Gasteiger partial charge is 1.00 e. The first kappa shape index (κ1) is 17.5. The summed E-state index contributed by atoms with van der Waals surface area (Å²) in [7, 11) is 0. The van der Waals surface area contributed by atoms with Gasteiger partial charge in [-0.3, -0.25) is 0 Å². The second kappa shape index (κ2) is 8.67. The molecular formula is C18H23IN2S. The van der Waals surface area contributed by atoms with Crippen LogP contribution in [0, 0.1) is 0 Å². The van der Waals surface area contributed by atoms with Gasteiger partial charge in [-0.2, -0.15) is 4.57 Å². The van der Waals surface area contributed by atoms with Crippen LogP contribution in [-0.4, -0.2) is 18.0 Å². The number of aromatic nitrogens is 1. The molecule has 2 aromatic rings. The normalized spacial score (nSPS) is 15.8. The van der Waals surface area contributed by atoms with Gasteiger partial charge in [0.15, 0.2) is 0 Å². The number of fused-ring (bicyclic) bond motifs is 1. The summed E-state index contributed by atoms with van der Waals surface area (Å²) in [5.74, 6) is 0. The van der Waals surface area contributed by atoms with Gasteiger partial charge in [0, 0.05) is 25.2 Å². The highest BCUT2D eigenvalue weighted by molar-refractivity contribution is 7.18. The van der Waals surface area contributed by atoms with E-state index in [1.54, 1.807) is 0 Å². The number of rotatable bonds is 4. The molecule has 0 radical (unpaired) electrons. The van der Waals surface area contributed by atoms with Crippen LogP contribution in [0.3, 0.4) is 0 Å². The monoisotopic (exact) mass is 426 g/mol. The number of piperidine rings is 1. The van der Waals surface area contributed by atoms with Gasteiger partial charge in [0.05, 0.1) is 0 Å². The van der Waals surface area contributed by atoms with Crippen LogP contribution in [0.15, 0.2) is 42.6 Å². The predicted molar refractivity (Wildman–Crippen MR) is 91.3 cm³/mol. The number of hydrogen-bond donors (Lipinski definition) is 0. The van der Waals surface area contributed by atoms with Crippen molar-refractivity contribution < 1.29 is 28.5 Å². The molecule has 118 valence electrons. The number of nitrogens with zero attached hydrogens (tertiary/aromatic N) is 2. The summed E-state index contributed by atoms with van der Waals surface area (Å²) >= 11 is 1.86. The van der Waals surface area contributed by atoms with E-state index in [0.717, 1.165) is 6.54 Å². The fraction of sp³-hybridized carbons (Fsp3) is 0.389. The molecule has 1 aromatic heterocycles. The van der Waals surface area contributed by atoms with E-state index in [1.165, 1.54) is 47.6 Å². The molecule has 0 amide bonds. The first-order valence-electron chi connectivity index (χ1n) is 7.89. The Labute approximate surface area is 154 Å². The minimum atomic E-state index is 0. The van der Waals surface area contributed by atoms with E-state index >= 15 is 0 Å². The summed E-state index contributed by atoms with van der Waals surface area (Å²) in [5, 5.41) is 1.32. The Morgan fingerprint density at radius 1 is 1.14 bits per heavy atom. The van der Waals surface area contributed by atoms with E-state index in [9.17, 15) is 0 Å². The van der Waals surface area contributed by atoms with Crippen LogP contribution in [0.4, 0.5) is 0 Å². The number of aryl methyl sites for hydroxylation is 1. The third-order valence-electron chi connectivity index (χ3n) is 3.99. The number of benzene rings is 1. The lowest BCUT2D eigenvalue weighted by molar-refractivity contribution is -0.665. The second-order valence-corrected chi connectivity index (χ2v) is 6.51. The maximum atomic E-state index is 2.42. The smallest absolute Gasteiger partial charge is 0.262 e. The molecule has 1 fully saturated rings. The number of para-hydroxylation sites is 1. The number of halogens is 1. The minimum Gasteiger partial charge on any atom is -1.00 e. The average molecular weight is 426 g/mol. The number of allylic oxidation sites excluding steroid dienone is 2. The quantitative estimate of drug-likeness (QED) is 0.405. The van der Waals surface area contributed by atoms with E-state index in [1.807, 2.05) is 11.3 Å². The van der Waals surface area contributed by atoms with Crippen molar-refractivity contribution in [3.05, 3.63) is 47.6 Å². The molecule has 0 bridgehead atoms. The van der Waals surface area contributed by atoms with Crippen molar-refractivity contribution in [3.63, 3.8) is 0 Å². The molecule has 4 heteroatoms. The molecule has 0 unspecified atom stereocenters. The molecule has 3 rings (SSSR count). The lowest BCUT2D eigenvalue weighted by Gasteiger charge is -2.24. The minimum absolute atomic E-state index is 0. The SMILES string of the molecule is CC[n+]1c(C=CC=CN2CCCCC2)sc2ccccc21.[I-]. The zero-order valence-corrected chi connectivity index (χ0v) is 16.0. The van der Waals surface area contributed by atoms with E-state index in [2.05, 4.69) is 65.1 Å². The maximum absolute atomic E-state index is 2.42. The maximum Gasteiger partial charge on any atom is 0.262 e. The second-order valence-electron chi connectivity index (χ2n) is 5.45. The summed E-state index contributed by atoms with van der Waals surface area (Å²) in [4.78, 5) is 2.42. The highest BCUT2D eigenvalue weighted by atomic mass is 127. The van der Waals surface area contributed by atoms with E-state index in [-0.39, 0.29) is 24.0 Å². The lowest BCUT2D eigenvalue weighted by Crippen LogP contribution is -3.00. The molecular weight excluding hydrogens is 403 g/mol. The van der Waals surface area contributed by atoms with Crippen LogP contribution < -0.4 is 28.5 Å². The third-order valence-corrected chi connectivity index (χ3v) is 5.12. The van der Waals surface area contributed by atoms with Gasteiger partial charge in [-0.05, 0) is 44.5 Å². The Bertz CT molecular complexity index is 654. The number of thiazole rings is 1. The third kappa shape index (κ3) is 4.10. The molecule has 0 N–H and O–H groups in total. The molecule has 1 aliphatic heterocycles. The van der Waals surface area contributed by atoms with Crippen LogP contribution >= 0.6 is 11.3 Å². The van der Waals surface area contributed by atoms with Crippen LogP contribution in [0.2, 0.25) is 0 Å². The van der Waals surface area contributed by atoms with Crippen LogP contribution in [0.25, 0.3) is 16.3 Å². The van der Waals surface area contributed by atoms with Gasteiger partial charge in [0.2, 0.25) is 5.52 Å². The summed E-state index contributed by atoms with van der Waals surface area (Å²) in [6, 6.07) is 8.64. The van der Waals surface area contributed by atoms with Crippen molar-refractivity contribution in [2.75, 3.05) is 13.1 Å². The number of likely N-dealkylation sites (tertiary alicyclic amines) is 1. The van der Waals surface area contributed by atoms with Crippen LogP contribution in [0.1, 0.15) is 31.2 Å². The number of hydrogen-bond acceptors (Lipinski definition) is 2. The molecule has 1 aromatic carbocycles. The van der Waals surface area contributed by atoms with Gasteiger partial charge >= 0.3 is 0 Å². The van der Waals surface area contributed by atoms with Gasteiger partial charge in [-0.15, -0.1) is 0 Å². The van der Waals surface area contributed by atoms with E-state index in [4.69, 9.17) is 0 Å². The molecule has 2 nitrogen and oxygen atoms in total. The van der Waals surface area contributed by atoms with Crippen molar-refractivity contribution in [2.24, 2.45) is 0 Å². The van der Waals surface area contributed by atoms with Gasteiger partial charge in [0.25, 0.3) is 5.01 Å². The summed E-state index contributed by atoms with van der Waals surface area (Å²) in [5.41, 5.74) is 1.34. The Morgan fingerprint density at radius 2 is 1.91 bits per heavy atom. The first-order chi connectivity index (χ1) is 10.4. The molecule has 22 heavy (non-hydrogen) atoms. The summed E-state index contributed by atoms with van der Waals surface area (Å²) < 4.78 is 3.74. The molecule has 1 saturated heterocycles. The van der Waals surface area contributed by atoms with Gasteiger partial charge in [0.1, 0.15) is 11.2 Å². The van der Waals surface area contributed by atoms with Crippen molar-refractivity contribution >= 4 is 27.6 Å². The van der Waals surface area contributed by atoms with Crippen LogP contribution in [0.5, 0.6) is 0 Å². The van der Waals surface area contributed by atoms with Crippen molar-refractivity contribution in [1.29, 1.82) is 0 Å². The Hall–Kier alpha value is -0.880. The zero-order valence-electron chi connectivity index (χ0n) is 13.0. The Morgan fingerprint density at radius 3 is 2.68 bits per heavy atom. The molecule has 0 spiro atoms. The summed E-state index contributed by atoms with van der Waals surface area (Å²) in [6.45, 7) is 5.64. The molecule has 0 atom stereocenters. The Balaban J connectivity index is 0.00000176. The first-order valence-corrected chi connectivity index (χ1v) is 8.70. The van der Waals surface area contributed by atoms with Gasteiger partial charge in [-0.1, -0.05) is 29.5 Å². The van der Waals surface area contributed by atoms with Crippen LogP contribution in [-0.2, 0) is 6.54 Å². The highest BCUT2D eigenvalue weighted by Crippen LogP contribution is 2.21. The molecule has 0 saturated carbocycles. The van der Waals surface area contributed by atoms with E-state index < -0.39 is 0 Å². The van der Waals surface area contributed by atoms with Gasteiger partial charge < -0.3 is 28.9 Å². The molecule has 1 aliphatic rings. The topological polar surface area (TPSA) is 7.12 Å². The molecule has 0 aliphatic carbocycles. The Kier molecular flexibility index (Phi) is 6.89. The molecule has 2 heterocycles. The van der Waals surface area contributed by atoms with Crippen molar-refractivity contribution in [1.82, 2.24) is 4.90 Å². The fourth-order valence-corrected chi connectivity index (χ4v) is 4.02. The van der Waals surface area contributed by atoms with Crippen molar-refractivity contribution in [3.8, 4) is 0 Å². The standard InChI is InChI=1S/C18H23N2S.HI/c1-2-20-16-10-4-5-11-17(16)21-18(20)12-6-9-15-19-13-7-3-8-14-19;/h4-6,9-12,15H,2-3,7-8,13-14H2,1H3;1H/q+1;/p-1. The van der Waals surface area contributed by atoms with Gasteiger partial charge in [-0.25, -0.2) is 0 Å². The summed E-state index contributed by atoms with van der Waals surface area (Å²) in [6.07, 6.45) is 12.9. The predicted octanol–water partition coefficient (Wildman–Crippen LogP) is 1.23. The highest BCUT2D eigenvalue weighted by Gasteiger charge is 2.15. The fourth-order valence-electron chi connectivity index (χ4n) is 2.88. The van der Waals surface area contributed by atoms with E-state index in [0.29, 0.717) is 0 Å². The average Bonchev–Trinajstić information content (AvgIpc) is 2.90. The zero-order chi connectivity index (χ0) is 14.5. The lowest BCUT2D eigenvalue weighted by atomic mass is 10.1. The van der Waals surface area contributed by atoms with Crippen molar-refractivity contribution in [2.45, 2.75) is 32.7 Å².